The van der Waals surface area contributed by atoms with Crippen LogP contribution in [0.4, 0.5) is 0 Å². The molecule has 4 nitrogen and oxygen atoms in total. The number of nitrogens with one attached hydrogen (secondary N) is 1. The third kappa shape index (κ3) is 7.34. The van der Waals surface area contributed by atoms with Gasteiger partial charge in [-0.25, -0.2) is 0 Å². The van der Waals surface area contributed by atoms with Gasteiger partial charge in [-0.15, -0.1) is 0 Å². The molecule has 0 radical (unpaired) electrons. The fraction of sp³-hybridized carbons (Fsp3) is 0.647. The van der Waals surface area contributed by atoms with E-state index in [0.717, 1.165) is 37.5 Å². The number of rotatable bonds is 9. The van der Waals surface area contributed by atoms with Crippen LogP contribution < -0.4 is 14.8 Å². The largest absolute Gasteiger partial charge is 0.493 e. The fourth-order valence-corrected chi connectivity index (χ4v) is 1.84. The molecule has 1 N–H and O–H groups in total. The van der Waals surface area contributed by atoms with E-state index in [0.29, 0.717) is 6.61 Å². The lowest BCUT2D eigenvalue weighted by atomic mass is 10.1. The van der Waals surface area contributed by atoms with Crippen LogP contribution in [0.25, 0.3) is 0 Å². The zero-order chi connectivity index (χ0) is 15.7. The van der Waals surface area contributed by atoms with Crippen LogP contribution in [-0.2, 0) is 11.3 Å². The van der Waals surface area contributed by atoms with Crippen molar-refractivity contribution in [1.82, 2.24) is 5.32 Å². The van der Waals surface area contributed by atoms with Crippen molar-refractivity contribution < 1.29 is 14.2 Å². The van der Waals surface area contributed by atoms with Crippen molar-refractivity contribution in [2.75, 3.05) is 27.4 Å². The Labute approximate surface area is 128 Å². The van der Waals surface area contributed by atoms with Crippen LogP contribution in [0.1, 0.15) is 39.2 Å². The summed E-state index contributed by atoms with van der Waals surface area (Å²) in [5.74, 6) is 1.59. The first-order valence-electron chi connectivity index (χ1n) is 7.50. The van der Waals surface area contributed by atoms with Crippen molar-refractivity contribution in [2.24, 2.45) is 0 Å². The van der Waals surface area contributed by atoms with Gasteiger partial charge in [-0.1, -0.05) is 6.07 Å². The zero-order valence-electron chi connectivity index (χ0n) is 14.0. The van der Waals surface area contributed by atoms with Crippen LogP contribution in [0.15, 0.2) is 18.2 Å². The van der Waals surface area contributed by atoms with Gasteiger partial charge in [0.1, 0.15) is 0 Å². The van der Waals surface area contributed by atoms with E-state index in [4.69, 9.17) is 14.2 Å². The predicted molar refractivity (Wildman–Crippen MR) is 86.2 cm³/mol. The summed E-state index contributed by atoms with van der Waals surface area (Å²) in [6, 6.07) is 6.09. The molecule has 0 aliphatic rings. The average Bonchev–Trinajstić information content (AvgIpc) is 2.44. The van der Waals surface area contributed by atoms with E-state index in [1.807, 2.05) is 12.1 Å². The Hall–Kier alpha value is -1.26. The van der Waals surface area contributed by atoms with Crippen LogP contribution in [0.5, 0.6) is 11.5 Å². The van der Waals surface area contributed by atoms with Crippen molar-refractivity contribution in [1.29, 1.82) is 0 Å². The highest BCUT2D eigenvalue weighted by atomic mass is 16.5. The van der Waals surface area contributed by atoms with Crippen LogP contribution in [0.2, 0.25) is 0 Å². The van der Waals surface area contributed by atoms with E-state index >= 15 is 0 Å². The van der Waals surface area contributed by atoms with E-state index in [2.05, 4.69) is 32.2 Å². The molecule has 1 aromatic rings. The summed E-state index contributed by atoms with van der Waals surface area (Å²) < 4.78 is 16.2. The fourth-order valence-electron chi connectivity index (χ4n) is 1.84. The molecule has 1 rings (SSSR count). The minimum atomic E-state index is 0.101. The van der Waals surface area contributed by atoms with Crippen LogP contribution in [-0.4, -0.2) is 33.0 Å². The van der Waals surface area contributed by atoms with Crippen LogP contribution in [0, 0.1) is 0 Å². The molecule has 0 aromatic heterocycles. The van der Waals surface area contributed by atoms with Crippen molar-refractivity contribution in [3.05, 3.63) is 23.8 Å². The van der Waals surface area contributed by atoms with Gasteiger partial charge in [-0.05, 0) is 51.3 Å². The summed E-state index contributed by atoms with van der Waals surface area (Å²) >= 11 is 0. The molecule has 4 heteroatoms. The number of benzene rings is 1. The van der Waals surface area contributed by atoms with Gasteiger partial charge in [0, 0.05) is 25.8 Å². The molecule has 0 saturated carbocycles. The summed E-state index contributed by atoms with van der Waals surface area (Å²) in [6.07, 6.45) is 1.98. The lowest BCUT2D eigenvalue weighted by Gasteiger charge is -2.21. The Kier molecular flexibility index (Phi) is 7.54. The molecule has 0 spiro atoms. The van der Waals surface area contributed by atoms with Crippen molar-refractivity contribution in [3.8, 4) is 11.5 Å². The van der Waals surface area contributed by atoms with Crippen molar-refractivity contribution in [3.63, 3.8) is 0 Å². The normalized spacial score (nSPS) is 11.5. The number of hydrogen-bond acceptors (Lipinski definition) is 4. The van der Waals surface area contributed by atoms with Gasteiger partial charge in [-0.3, -0.25) is 0 Å². The van der Waals surface area contributed by atoms with Gasteiger partial charge in [0.2, 0.25) is 0 Å². The van der Waals surface area contributed by atoms with Gasteiger partial charge in [0.25, 0.3) is 0 Å². The standard InChI is InChI=1S/C17H29NO3/c1-17(2,3)18-13-14-8-9-15(16(12-14)20-5)21-11-7-6-10-19-4/h8-9,12,18H,6-7,10-11,13H2,1-5H3. The van der Waals surface area contributed by atoms with E-state index in [1.54, 1.807) is 14.2 Å². The minimum Gasteiger partial charge on any atom is -0.493 e. The molecular formula is C17H29NO3. The second-order valence-corrected chi connectivity index (χ2v) is 6.14. The first kappa shape index (κ1) is 17.8. The molecular weight excluding hydrogens is 266 g/mol. The van der Waals surface area contributed by atoms with E-state index < -0.39 is 0 Å². The van der Waals surface area contributed by atoms with Gasteiger partial charge in [0.15, 0.2) is 11.5 Å². The predicted octanol–water partition coefficient (Wildman–Crippen LogP) is 3.39. The highest BCUT2D eigenvalue weighted by molar-refractivity contribution is 5.43. The van der Waals surface area contributed by atoms with Gasteiger partial charge >= 0.3 is 0 Å². The molecule has 0 bridgehead atoms. The molecule has 0 saturated heterocycles. The molecule has 0 unspecified atom stereocenters. The average molecular weight is 295 g/mol. The molecule has 1 aromatic carbocycles. The molecule has 0 fully saturated rings. The monoisotopic (exact) mass is 295 g/mol. The van der Waals surface area contributed by atoms with E-state index in [1.165, 1.54) is 5.56 Å². The quantitative estimate of drug-likeness (QED) is 0.709. The third-order valence-corrected chi connectivity index (χ3v) is 3.05. The minimum absolute atomic E-state index is 0.101. The highest BCUT2D eigenvalue weighted by Gasteiger charge is 2.10. The Balaban J connectivity index is 2.53. The van der Waals surface area contributed by atoms with E-state index in [9.17, 15) is 0 Å². The first-order valence-corrected chi connectivity index (χ1v) is 7.50. The maximum atomic E-state index is 5.77. The molecule has 0 aliphatic carbocycles. The van der Waals surface area contributed by atoms with Gasteiger partial charge in [-0.2, -0.15) is 0 Å². The second kappa shape index (κ2) is 8.90. The smallest absolute Gasteiger partial charge is 0.161 e. The molecule has 21 heavy (non-hydrogen) atoms. The SMILES string of the molecule is COCCCCOc1ccc(CNC(C)(C)C)cc1OC. The Morgan fingerprint density at radius 2 is 1.71 bits per heavy atom. The summed E-state index contributed by atoms with van der Waals surface area (Å²) in [5.41, 5.74) is 1.29. The van der Waals surface area contributed by atoms with Gasteiger partial charge < -0.3 is 19.5 Å². The lowest BCUT2D eigenvalue weighted by molar-refractivity contribution is 0.183. The summed E-state index contributed by atoms with van der Waals surface area (Å²) in [5, 5.41) is 3.47. The topological polar surface area (TPSA) is 39.7 Å². The molecule has 0 heterocycles. The number of ether oxygens (including phenoxy) is 3. The molecule has 0 aliphatic heterocycles. The van der Waals surface area contributed by atoms with Crippen molar-refractivity contribution >= 4 is 0 Å². The molecule has 0 amide bonds. The third-order valence-electron chi connectivity index (χ3n) is 3.05. The first-order chi connectivity index (χ1) is 9.96. The maximum absolute atomic E-state index is 5.77. The maximum Gasteiger partial charge on any atom is 0.161 e. The Morgan fingerprint density at radius 3 is 2.33 bits per heavy atom. The highest BCUT2D eigenvalue weighted by Crippen LogP contribution is 2.28. The molecule has 120 valence electrons. The summed E-state index contributed by atoms with van der Waals surface area (Å²) in [6.45, 7) is 8.73. The number of unbranched alkanes of at least 4 members (excludes halogenated alkanes) is 1. The molecule has 0 atom stereocenters. The summed E-state index contributed by atoms with van der Waals surface area (Å²) in [4.78, 5) is 0. The second-order valence-electron chi connectivity index (χ2n) is 6.14. The number of hydrogen-bond donors (Lipinski definition) is 1. The zero-order valence-corrected chi connectivity index (χ0v) is 14.0. The van der Waals surface area contributed by atoms with Gasteiger partial charge in [0.05, 0.1) is 13.7 Å². The van der Waals surface area contributed by atoms with E-state index in [-0.39, 0.29) is 5.54 Å². The summed E-state index contributed by atoms with van der Waals surface area (Å²) in [7, 11) is 3.39. The van der Waals surface area contributed by atoms with Crippen LogP contribution in [0.3, 0.4) is 0 Å². The number of methoxy groups -OCH3 is 2. The Morgan fingerprint density at radius 1 is 1.00 bits per heavy atom. The lowest BCUT2D eigenvalue weighted by Crippen LogP contribution is -2.35. The van der Waals surface area contributed by atoms with Crippen molar-refractivity contribution in [2.45, 2.75) is 45.7 Å². The Bertz CT molecular complexity index is 413. The van der Waals surface area contributed by atoms with Crippen LogP contribution >= 0.6 is 0 Å².